The Morgan fingerprint density at radius 3 is 2.42 bits per heavy atom. The van der Waals surface area contributed by atoms with Gasteiger partial charge in [-0.3, -0.25) is 0 Å². The van der Waals surface area contributed by atoms with Crippen LogP contribution in [0.3, 0.4) is 0 Å². The van der Waals surface area contributed by atoms with Gasteiger partial charge in [-0.1, -0.05) is 31.0 Å². The average Bonchev–Trinajstić information content (AvgIpc) is 3.36. The van der Waals surface area contributed by atoms with Crippen molar-refractivity contribution in [2.75, 3.05) is 5.75 Å². The first-order valence-corrected chi connectivity index (χ1v) is 8.98. The van der Waals surface area contributed by atoms with Crippen LogP contribution in [0.1, 0.15) is 75.6 Å². The highest BCUT2D eigenvalue weighted by atomic mass is 32.2. The molecular weight excluding hydrogens is 254 g/mol. The van der Waals surface area contributed by atoms with Gasteiger partial charge in [-0.25, -0.2) is 0 Å². The molecule has 0 atom stereocenters. The average molecular weight is 277 g/mol. The lowest BCUT2D eigenvalue weighted by molar-refractivity contribution is 0.390. The minimum Gasteiger partial charge on any atom is -0.303 e. The second kappa shape index (κ2) is 5.12. The van der Waals surface area contributed by atoms with Crippen molar-refractivity contribution in [3.63, 3.8) is 0 Å². The monoisotopic (exact) mass is 277 g/mol. The number of aromatic nitrogens is 3. The number of hydrogen-bond donors (Lipinski definition) is 0. The third-order valence-electron chi connectivity index (χ3n) is 4.72. The van der Waals surface area contributed by atoms with E-state index in [9.17, 15) is 0 Å². The zero-order valence-electron chi connectivity index (χ0n) is 11.6. The molecule has 4 rings (SSSR count). The van der Waals surface area contributed by atoms with Gasteiger partial charge in [-0.2, -0.15) is 0 Å². The molecule has 3 fully saturated rings. The van der Waals surface area contributed by atoms with Crippen LogP contribution >= 0.6 is 11.8 Å². The van der Waals surface area contributed by atoms with Crippen molar-refractivity contribution < 1.29 is 0 Å². The first kappa shape index (κ1) is 12.2. The van der Waals surface area contributed by atoms with Gasteiger partial charge in [0.15, 0.2) is 5.16 Å². The van der Waals surface area contributed by atoms with Crippen molar-refractivity contribution in [2.24, 2.45) is 5.92 Å². The van der Waals surface area contributed by atoms with Crippen molar-refractivity contribution in [1.82, 2.24) is 14.8 Å². The van der Waals surface area contributed by atoms with Crippen LogP contribution in [-0.4, -0.2) is 20.5 Å². The second-order valence-electron chi connectivity index (χ2n) is 6.53. The van der Waals surface area contributed by atoms with Crippen LogP contribution < -0.4 is 0 Å². The van der Waals surface area contributed by atoms with Gasteiger partial charge >= 0.3 is 0 Å². The predicted molar refractivity (Wildman–Crippen MR) is 77.6 cm³/mol. The van der Waals surface area contributed by atoms with E-state index in [1.54, 1.807) is 0 Å². The zero-order valence-corrected chi connectivity index (χ0v) is 12.4. The first-order valence-electron chi connectivity index (χ1n) is 7.99. The maximum atomic E-state index is 4.50. The molecule has 3 saturated carbocycles. The Balaban J connectivity index is 1.44. The summed E-state index contributed by atoms with van der Waals surface area (Å²) in [4.78, 5) is 0. The summed E-state index contributed by atoms with van der Waals surface area (Å²) < 4.78 is 2.49. The van der Waals surface area contributed by atoms with Crippen LogP contribution in [0.25, 0.3) is 0 Å². The van der Waals surface area contributed by atoms with E-state index in [0.29, 0.717) is 0 Å². The molecular formula is C15H23N3S. The first-order chi connectivity index (χ1) is 9.42. The van der Waals surface area contributed by atoms with Crippen molar-refractivity contribution in [2.45, 2.75) is 74.9 Å². The Kier molecular flexibility index (Phi) is 3.30. The highest BCUT2D eigenvalue weighted by Gasteiger charge is 2.36. The topological polar surface area (TPSA) is 30.7 Å². The van der Waals surface area contributed by atoms with Gasteiger partial charge in [0, 0.05) is 17.7 Å². The van der Waals surface area contributed by atoms with E-state index in [2.05, 4.69) is 14.8 Å². The quantitative estimate of drug-likeness (QED) is 0.757. The molecule has 1 aromatic rings. The molecule has 0 bridgehead atoms. The molecule has 104 valence electrons. The predicted octanol–water partition coefficient (Wildman–Crippen LogP) is 4.16. The number of thioether (sulfide) groups is 1. The minimum atomic E-state index is 0.733. The lowest BCUT2D eigenvalue weighted by Crippen LogP contribution is -2.09. The standard InChI is InChI=1S/C15H23N3S/c1-2-4-11(5-3-1)10-19-15-17-16-14(12-6-7-12)18(15)13-8-9-13/h11-13H,1-10H2. The molecule has 0 saturated heterocycles. The van der Waals surface area contributed by atoms with Gasteiger partial charge in [0.2, 0.25) is 0 Å². The van der Waals surface area contributed by atoms with E-state index in [0.717, 1.165) is 17.9 Å². The number of rotatable bonds is 5. The molecule has 3 aliphatic rings. The van der Waals surface area contributed by atoms with Crippen LogP contribution in [-0.2, 0) is 0 Å². The molecule has 0 aliphatic heterocycles. The van der Waals surface area contributed by atoms with Gasteiger partial charge in [-0.05, 0) is 44.4 Å². The Labute approximate surface area is 119 Å². The van der Waals surface area contributed by atoms with Crippen LogP contribution in [0, 0.1) is 5.92 Å². The fourth-order valence-corrected chi connectivity index (χ4v) is 4.43. The van der Waals surface area contributed by atoms with E-state index in [1.165, 1.54) is 74.5 Å². The minimum absolute atomic E-state index is 0.733. The molecule has 0 amide bonds. The molecule has 4 heteroatoms. The summed E-state index contributed by atoms with van der Waals surface area (Å²) in [7, 11) is 0. The van der Waals surface area contributed by atoms with E-state index in [1.807, 2.05) is 11.8 Å². The number of nitrogens with zero attached hydrogens (tertiary/aromatic N) is 3. The van der Waals surface area contributed by atoms with E-state index < -0.39 is 0 Å². The van der Waals surface area contributed by atoms with E-state index >= 15 is 0 Å². The molecule has 0 unspecified atom stereocenters. The molecule has 3 nitrogen and oxygen atoms in total. The lowest BCUT2D eigenvalue weighted by atomic mass is 9.91. The highest BCUT2D eigenvalue weighted by Crippen LogP contribution is 2.46. The summed E-state index contributed by atoms with van der Waals surface area (Å²) in [5.41, 5.74) is 0. The van der Waals surface area contributed by atoms with Crippen LogP contribution in [0.5, 0.6) is 0 Å². The second-order valence-corrected chi connectivity index (χ2v) is 7.52. The van der Waals surface area contributed by atoms with Gasteiger partial charge < -0.3 is 4.57 Å². The van der Waals surface area contributed by atoms with Crippen molar-refractivity contribution in [3.8, 4) is 0 Å². The maximum absolute atomic E-state index is 4.50. The molecule has 1 heterocycles. The fraction of sp³-hybridized carbons (Fsp3) is 0.867. The van der Waals surface area contributed by atoms with Crippen LogP contribution in [0.15, 0.2) is 5.16 Å². The van der Waals surface area contributed by atoms with Gasteiger partial charge in [0.1, 0.15) is 5.82 Å². The smallest absolute Gasteiger partial charge is 0.191 e. The summed E-state index contributed by atoms with van der Waals surface area (Å²) in [6, 6.07) is 0.736. The Hall–Kier alpha value is -0.510. The fourth-order valence-electron chi connectivity index (χ4n) is 3.23. The van der Waals surface area contributed by atoms with Crippen molar-refractivity contribution in [1.29, 1.82) is 0 Å². The van der Waals surface area contributed by atoms with Crippen molar-refractivity contribution in [3.05, 3.63) is 5.82 Å². The number of hydrogen-bond acceptors (Lipinski definition) is 3. The van der Waals surface area contributed by atoms with E-state index in [-0.39, 0.29) is 0 Å². The third kappa shape index (κ3) is 2.69. The highest BCUT2D eigenvalue weighted by molar-refractivity contribution is 7.99. The third-order valence-corrected chi connectivity index (χ3v) is 5.89. The molecule has 3 aliphatic carbocycles. The van der Waals surface area contributed by atoms with Gasteiger partial charge in [0.05, 0.1) is 0 Å². The molecule has 0 aromatic carbocycles. The maximum Gasteiger partial charge on any atom is 0.191 e. The summed E-state index contributed by atoms with van der Waals surface area (Å²) in [6.45, 7) is 0. The van der Waals surface area contributed by atoms with Gasteiger partial charge in [0.25, 0.3) is 0 Å². The Morgan fingerprint density at radius 1 is 0.947 bits per heavy atom. The van der Waals surface area contributed by atoms with Crippen LogP contribution in [0.2, 0.25) is 0 Å². The Bertz CT molecular complexity index is 442. The van der Waals surface area contributed by atoms with Crippen LogP contribution in [0.4, 0.5) is 0 Å². The largest absolute Gasteiger partial charge is 0.303 e. The SMILES string of the molecule is C1CCC(CSc2nnc(C3CC3)n2C2CC2)CC1. The summed E-state index contributed by atoms with van der Waals surface area (Å²) in [5, 5.41) is 10.2. The zero-order chi connectivity index (χ0) is 12.7. The normalized spacial score (nSPS) is 24.8. The van der Waals surface area contributed by atoms with Crippen molar-refractivity contribution >= 4 is 11.8 Å². The molecule has 0 spiro atoms. The van der Waals surface area contributed by atoms with Gasteiger partial charge in [-0.15, -0.1) is 10.2 Å². The molecule has 0 N–H and O–H groups in total. The Morgan fingerprint density at radius 2 is 1.74 bits per heavy atom. The summed E-state index contributed by atoms with van der Waals surface area (Å²) in [6.07, 6.45) is 12.5. The van der Waals surface area contributed by atoms with E-state index in [4.69, 9.17) is 0 Å². The summed E-state index contributed by atoms with van der Waals surface area (Å²) in [5.74, 6) is 4.22. The molecule has 19 heavy (non-hydrogen) atoms. The summed E-state index contributed by atoms with van der Waals surface area (Å²) >= 11 is 1.98. The lowest BCUT2D eigenvalue weighted by Gasteiger charge is -2.20. The molecule has 1 aromatic heterocycles. The molecule has 0 radical (unpaired) electrons.